The lowest BCUT2D eigenvalue weighted by atomic mass is 9.89. The van der Waals surface area contributed by atoms with Gasteiger partial charge in [0.2, 0.25) is 0 Å². The van der Waals surface area contributed by atoms with Crippen molar-refractivity contribution in [1.29, 1.82) is 0 Å². The quantitative estimate of drug-likeness (QED) is 0.744. The number of hydrogen-bond donors (Lipinski definition) is 2. The number of aliphatic hydroxyl groups excluding tert-OH is 1. The maximum atomic E-state index is 8.99. The van der Waals surface area contributed by atoms with Crippen LogP contribution in [0.5, 0.6) is 0 Å². The van der Waals surface area contributed by atoms with Crippen LogP contribution in [0.25, 0.3) is 0 Å². The normalized spacial score (nSPS) is 33.5. The average molecular weight is 241 g/mol. The molecule has 4 nitrogen and oxygen atoms in total. The lowest BCUT2D eigenvalue weighted by Gasteiger charge is -2.37. The van der Waals surface area contributed by atoms with Gasteiger partial charge in [0.25, 0.3) is 0 Å². The van der Waals surface area contributed by atoms with Crippen LogP contribution in [0, 0.1) is 0 Å². The Hall–Kier alpha value is -0.160. The van der Waals surface area contributed by atoms with E-state index in [4.69, 9.17) is 10.8 Å². The summed E-state index contributed by atoms with van der Waals surface area (Å²) in [4.78, 5) is 4.97. The van der Waals surface area contributed by atoms with Crippen molar-refractivity contribution in [1.82, 2.24) is 9.80 Å². The summed E-state index contributed by atoms with van der Waals surface area (Å²) >= 11 is 0. The van der Waals surface area contributed by atoms with Crippen molar-refractivity contribution >= 4 is 0 Å². The number of hydrogen-bond acceptors (Lipinski definition) is 4. The Kier molecular flexibility index (Phi) is 5.22. The maximum absolute atomic E-state index is 8.99. The van der Waals surface area contributed by atoms with Crippen LogP contribution in [0.2, 0.25) is 0 Å². The summed E-state index contributed by atoms with van der Waals surface area (Å²) in [5.41, 5.74) is 6.26. The van der Waals surface area contributed by atoms with E-state index in [-0.39, 0.29) is 6.61 Å². The average Bonchev–Trinajstić information content (AvgIpc) is 2.56. The first-order valence-electron chi connectivity index (χ1n) is 7.14. The fourth-order valence-electron chi connectivity index (χ4n) is 3.28. The Morgan fingerprint density at radius 3 is 2.59 bits per heavy atom. The van der Waals surface area contributed by atoms with Gasteiger partial charge in [0.15, 0.2) is 0 Å². The summed E-state index contributed by atoms with van der Waals surface area (Å²) < 4.78 is 0. The highest BCUT2D eigenvalue weighted by Crippen LogP contribution is 2.22. The fourth-order valence-corrected chi connectivity index (χ4v) is 3.28. The molecule has 0 bridgehead atoms. The first kappa shape index (κ1) is 13.3. The molecular formula is C13H27N3O. The van der Waals surface area contributed by atoms with Crippen LogP contribution in [0.4, 0.5) is 0 Å². The minimum Gasteiger partial charge on any atom is -0.395 e. The molecule has 2 rings (SSSR count). The molecule has 0 aromatic carbocycles. The largest absolute Gasteiger partial charge is 0.395 e. The van der Waals surface area contributed by atoms with Crippen LogP contribution in [0.1, 0.15) is 32.1 Å². The van der Waals surface area contributed by atoms with E-state index >= 15 is 0 Å². The third-order valence-electron chi connectivity index (χ3n) is 4.29. The second kappa shape index (κ2) is 6.69. The zero-order valence-electron chi connectivity index (χ0n) is 10.9. The molecule has 2 unspecified atom stereocenters. The molecule has 0 amide bonds. The predicted molar refractivity (Wildman–Crippen MR) is 69.9 cm³/mol. The third kappa shape index (κ3) is 3.65. The monoisotopic (exact) mass is 241 g/mol. The Labute approximate surface area is 105 Å². The first-order chi connectivity index (χ1) is 8.31. The predicted octanol–water partition coefficient (Wildman–Crippen LogP) is 0.256. The molecule has 100 valence electrons. The van der Waals surface area contributed by atoms with Crippen LogP contribution in [0.15, 0.2) is 0 Å². The van der Waals surface area contributed by atoms with Gasteiger partial charge in [-0.05, 0) is 32.4 Å². The van der Waals surface area contributed by atoms with Gasteiger partial charge in [0, 0.05) is 31.7 Å². The van der Waals surface area contributed by atoms with Gasteiger partial charge in [-0.25, -0.2) is 0 Å². The number of nitrogens with two attached hydrogens (primary N) is 1. The van der Waals surface area contributed by atoms with E-state index < -0.39 is 0 Å². The fraction of sp³-hybridized carbons (Fsp3) is 1.00. The number of β-amino-alcohol motifs (C(OH)–C–C–N with tert-alkyl or cyclic N) is 1. The molecule has 3 N–H and O–H groups in total. The van der Waals surface area contributed by atoms with Crippen molar-refractivity contribution in [3.8, 4) is 0 Å². The molecule has 0 radical (unpaired) electrons. The molecule has 1 saturated carbocycles. The Morgan fingerprint density at radius 2 is 1.82 bits per heavy atom. The van der Waals surface area contributed by atoms with E-state index in [1.807, 2.05) is 0 Å². The first-order valence-corrected chi connectivity index (χ1v) is 7.14. The maximum Gasteiger partial charge on any atom is 0.0558 e. The van der Waals surface area contributed by atoms with Gasteiger partial charge in [-0.15, -0.1) is 0 Å². The summed E-state index contributed by atoms with van der Waals surface area (Å²) in [6.45, 7) is 5.62. The molecule has 0 aromatic rings. The van der Waals surface area contributed by atoms with Crippen molar-refractivity contribution in [3.05, 3.63) is 0 Å². The Morgan fingerprint density at radius 1 is 1.00 bits per heavy atom. The number of nitrogens with zero attached hydrogens (tertiary/aromatic N) is 2. The third-order valence-corrected chi connectivity index (χ3v) is 4.29. The van der Waals surface area contributed by atoms with Crippen LogP contribution in [-0.2, 0) is 0 Å². The molecule has 0 aromatic heterocycles. The van der Waals surface area contributed by atoms with Gasteiger partial charge < -0.3 is 10.8 Å². The van der Waals surface area contributed by atoms with Crippen LogP contribution in [-0.4, -0.2) is 66.3 Å². The number of rotatable bonds is 3. The zero-order chi connectivity index (χ0) is 12.1. The summed E-state index contributed by atoms with van der Waals surface area (Å²) in [7, 11) is 0. The molecule has 2 aliphatic rings. The van der Waals surface area contributed by atoms with E-state index in [0.717, 1.165) is 26.2 Å². The van der Waals surface area contributed by atoms with Gasteiger partial charge in [0.05, 0.1) is 6.61 Å². The lowest BCUT2D eigenvalue weighted by Crippen LogP contribution is -2.50. The van der Waals surface area contributed by atoms with Crippen LogP contribution < -0.4 is 5.73 Å². The van der Waals surface area contributed by atoms with Crippen molar-refractivity contribution in [2.45, 2.75) is 44.2 Å². The highest BCUT2D eigenvalue weighted by atomic mass is 16.3. The van der Waals surface area contributed by atoms with Crippen LogP contribution >= 0.6 is 0 Å². The van der Waals surface area contributed by atoms with Gasteiger partial charge in [-0.2, -0.15) is 0 Å². The van der Waals surface area contributed by atoms with Crippen LogP contribution in [0.3, 0.4) is 0 Å². The van der Waals surface area contributed by atoms with E-state index in [0.29, 0.717) is 12.1 Å². The zero-order valence-corrected chi connectivity index (χ0v) is 10.9. The molecule has 1 aliphatic carbocycles. The molecule has 1 saturated heterocycles. The van der Waals surface area contributed by atoms with Gasteiger partial charge >= 0.3 is 0 Å². The molecule has 0 spiro atoms. The van der Waals surface area contributed by atoms with Gasteiger partial charge in [-0.1, -0.05) is 12.8 Å². The van der Waals surface area contributed by atoms with E-state index in [2.05, 4.69) is 9.80 Å². The van der Waals surface area contributed by atoms with E-state index in [1.165, 1.54) is 38.6 Å². The van der Waals surface area contributed by atoms with Gasteiger partial charge in [0.1, 0.15) is 0 Å². The van der Waals surface area contributed by atoms with E-state index in [1.54, 1.807) is 0 Å². The second-order valence-corrected chi connectivity index (χ2v) is 5.47. The highest BCUT2D eigenvalue weighted by Gasteiger charge is 2.28. The molecule has 4 heteroatoms. The smallest absolute Gasteiger partial charge is 0.0558 e. The SMILES string of the molecule is NC1CCCCC1N1CCCN(CCO)CC1. The molecule has 2 atom stereocenters. The Balaban J connectivity index is 1.84. The second-order valence-electron chi connectivity index (χ2n) is 5.47. The van der Waals surface area contributed by atoms with E-state index in [9.17, 15) is 0 Å². The summed E-state index contributed by atoms with van der Waals surface area (Å²) in [5.74, 6) is 0. The van der Waals surface area contributed by atoms with Crippen molar-refractivity contribution in [2.75, 3.05) is 39.3 Å². The highest BCUT2D eigenvalue weighted by molar-refractivity contribution is 4.87. The number of aliphatic hydroxyl groups is 1. The molecule has 2 fully saturated rings. The lowest BCUT2D eigenvalue weighted by molar-refractivity contribution is 0.137. The minimum atomic E-state index is 0.281. The summed E-state index contributed by atoms with van der Waals surface area (Å²) in [6.07, 6.45) is 6.34. The summed E-state index contributed by atoms with van der Waals surface area (Å²) in [6, 6.07) is 0.992. The Bertz CT molecular complexity index is 225. The van der Waals surface area contributed by atoms with Crippen molar-refractivity contribution in [3.63, 3.8) is 0 Å². The molecule has 1 aliphatic heterocycles. The van der Waals surface area contributed by atoms with Gasteiger partial charge in [-0.3, -0.25) is 9.80 Å². The topological polar surface area (TPSA) is 52.7 Å². The van der Waals surface area contributed by atoms with Crippen molar-refractivity contribution in [2.24, 2.45) is 5.73 Å². The summed E-state index contributed by atoms with van der Waals surface area (Å²) in [5, 5.41) is 8.99. The molecule has 17 heavy (non-hydrogen) atoms. The molecule has 1 heterocycles. The minimum absolute atomic E-state index is 0.281. The molecular weight excluding hydrogens is 214 g/mol. The standard InChI is InChI=1S/C13H27N3O/c14-12-4-1-2-5-13(12)16-7-3-6-15(8-9-16)10-11-17/h12-13,17H,1-11,14H2. The van der Waals surface area contributed by atoms with Crippen molar-refractivity contribution < 1.29 is 5.11 Å².